The van der Waals surface area contributed by atoms with E-state index in [1.54, 1.807) is 0 Å². The summed E-state index contributed by atoms with van der Waals surface area (Å²) in [6, 6.07) is -0.975. The zero-order valence-electron chi connectivity index (χ0n) is 32.1. The molecule has 6 nitrogen and oxygen atoms in total. The number of aliphatic hydroxyl groups is 1. The van der Waals surface area contributed by atoms with E-state index in [0.717, 1.165) is 70.6 Å². The summed E-state index contributed by atoms with van der Waals surface area (Å²) >= 11 is 0. The Morgan fingerprint density at radius 2 is 0.980 bits per heavy atom. The molecule has 288 valence electrons. The lowest BCUT2D eigenvalue weighted by atomic mass is 10.0. The average molecular weight is 710 g/mol. The highest BCUT2D eigenvalue weighted by atomic mass is 32.2. The third-order valence-corrected chi connectivity index (χ3v) is 10.1. The van der Waals surface area contributed by atoms with E-state index in [0.29, 0.717) is 12.8 Å². The first-order valence-corrected chi connectivity index (χ1v) is 22.3. The zero-order valence-corrected chi connectivity index (χ0v) is 32.9. The average Bonchev–Trinajstić information content (AvgIpc) is 3.06. The van der Waals surface area contributed by atoms with E-state index >= 15 is 0 Å². The van der Waals surface area contributed by atoms with Crippen molar-refractivity contribution >= 4 is 16.0 Å². The maximum Gasteiger partial charge on any atom is 0.266 e. The summed E-state index contributed by atoms with van der Waals surface area (Å²) in [6.45, 7) is 4.42. The molecule has 49 heavy (non-hydrogen) atoms. The summed E-state index contributed by atoms with van der Waals surface area (Å²) in [5.74, 6) is -0.907. The van der Waals surface area contributed by atoms with Crippen LogP contribution in [0.25, 0.3) is 0 Å². The second-order valence-corrected chi connectivity index (χ2v) is 15.7. The molecule has 7 heteroatoms. The van der Waals surface area contributed by atoms with Gasteiger partial charge in [-0.15, -0.1) is 0 Å². The van der Waals surface area contributed by atoms with Crippen molar-refractivity contribution in [3.8, 4) is 0 Å². The van der Waals surface area contributed by atoms with E-state index in [2.05, 4.69) is 55.6 Å². The Kier molecular flexibility index (Phi) is 35.3. The molecule has 0 aromatic carbocycles. The fraction of sp³-hybridized carbons (Fsp3) is 0.833. The number of carbonyl (C=O) groups excluding carboxylic acids is 1. The van der Waals surface area contributed by atoms with E-state index < -0.39 is 28.0 Å². The number of nitrogens with one attached hydrogen (secondary N) is 1. The summed E-state index contributed by atoms with van der Waals surface area (Å²) in [6.07, 6.45) is 46.6. The van der Waals surface area contributed by atoms with Crippen LogP contribution < -0.4 is 5.32 Å². The first-order valence-electron chi connectivity index (χ1n) is 20.7. The first-order chi connectivity index (χ1) is 23.8. The van der Waals surface area contributed by atoms with Crippen LogP contribution in [0, 0.1) is 0 Å². The quantitative estimate of drug-likeness (QED) is 0.0338. The molecule has 0 fully saturated rings. The van der Waals surface area contributed by atoms with Gasteiger partial charge in [0.05, 0.1) is 17.9 Å². The van der Waals surface area contributed by atoms with Crippen molar-refractivity contribution in [2.24, 2.45) is 0 Å². The Labute approximate surface area is 304 Å². The van der Waals surface area contributed by atoms with Crippen LogP contribution in [0.15, 0.2) is 36.5 Å². The molecule has 0 heterocycles. The normalized spacial score (nSPS) is 13.6. The molecule has 0 saturated heterocycles. The fourth-order valence-electron chi connectivity index (χ4n) is 6.29. The van der Waals surface area contributed by atoms with E-state index in [-0.39, 0.29) is 5.91 Å². The standard InChI is InChI=1S/C42H79NO5S/c1-3-5-7-9-11-13-15-17-19-21-23-25-27-29-31-33-35-37-41(44)40(39-49(46,47)48)43-42(45)38-36-34-32-30-28-26-24-22-20-18-16-14-12-10-8-6-4-2/h6,8,12,14,18,20,40-41,44H,3-5,7,9-11,13,15-17,19,21-39H2,1-2H3,(H,43,45)(H,46,47,48)/b8-6-,14-12-,20-18-. The van der Waals surface area contributed by atoms with Gasteiger partial charge in [0.1, 0.15) is 0 Å². The molecule has 0 aliphatic rings. The minimum atomic E-state index is -4.31. The molecule has 3 N–H and O–H groups in total. The number of rotatable bonds is 37. The Morgan fingerprint density at radius 1 is 0.571 bits per heavy atom. The van der Waals surface area contributed by atoms with Gasteiger partial charge in [-0.25, -0.2) is 0 Å². The van der Waals surface area contributed by atoms with Crippen LogP contribution in [-0.4, -0.2) is 41.9 Å². The third kappa shape index (κ3) is 37.6. The summed E-state index contributed by atoms with van der Waals surface area (Å²) in [5, 5.41) is 13.4. The topological polar surface area (TPSA) is 104 Å². The first kappa shape index (κ1) is 47.6. The molecule has 0 aliphatic carbocycles. The summed E-state index contributed by atoms with van der Waals surface area (Å²) in [7, 11) is -4.31. The van der Waals surface area contributed by atoms with E-state index in [1.165, 1.54) is 109 Å². The van der Waals surface area contributed by atoms with Crippen molar-refractivity contribution < 1.29 is 22.9 Å². The van der Waals surface area contributed by atoms with Gasteiger partial charge in [-0.2, -0.15) is 8.42 Å². The Morgan fingerprint density at radius 3 is 1.45 bits per heavy atom. The number of unbranched alkanes of at least 4 members (excludes halogenated alkanes) is 23. The zero-order chi connectivity index (χ0) is 36.1. The van der Waals surface area contributed by atoms with Gasteiger partial charge >= 0.3 is 0 Å². The smallest absolute Gasteiger partial charge is 0.266 e. The van der Waals surface area contributed by atoms with Gasteiger partial charge in [0.2, 0.25) is 5.91 Å². The maximum atomic E-state index is 12.5. The molecule has 0 spiro atoms. The summed E-state index contributed by atoms with van der Waals surface area (Å²) in [5.41, 5.74) is 0. The molecule has 0 saturated carbocycles. The summed E-state index contributed by atoms with van der Waals surface area (Å²) in [4.78, 5) is 12.5. The molecule has 0 aliphatic heterocycles. The Bertz CT molecular complexity index is 914. The molecule has 1 amide bonds. The largest absolute Gasteiger partial charge is 0.391 e. The molecular weight excluding hydrogens is 631 g/mol. The predicted molar refractivity (Wildman–Crippen MR) is 212 cm³/mol. The number of carbonyl (C=O) groups is 1. The number of allylic oxidation sites excluding steroid dienone is 6. The molecule has 2 atom stereocenters. The van der Waals surface area contributed by atoms with Crippen LogP contribution in [0.1, 0.15) is 206 Å². The Balaban J connectivity index is 3.87. The van der Waals surface area contributed by atoms with Gasteiger partial charge < -0.3 is 10.4 Å². The molecule has 0 aromatic heterocycles. The molecule has 0 radical (unpaired) electrons. The highest BCUT2D eigenvalue weighted by molar-refractivity contribution is 7.85. The van der Waals surface area contributed by atoms with Crippen molar-refractivity contribution in [1.29, 1.82) is 0 Å². The molecular formula is C42H79NO5S. The van der Waals surface area contributed by atoms with Gasteiger partial charge in [0, 0.05) is 6.42 Å². The molecule has 0 bridgehead atoms. The van der Waals surface area contributed by atoms with Crippen molar-refractivity contribution in [3.05, 3.63) is 36.5 Å². The SMILES string of the molecule is CC/C=C\C/C=C\C/C=C\CCCCCCCCCC(=O)NC(CS(=O)(=O)O)C(O)CCCCCCCCCCCCCCCCCCC. The number of aliphatic hydroxyl groups excluding tert-OH is 1. The predicted octanol–water partition coefficient (Wildman–Crippen LogP) is 12.1. The van der Waals surface area contributed by atoms with Crippen LogP contribution >= 0.6 is 0 Å². The van der Waals surface area contributed by atoms with Gasteiger partial charge in [-0.1, -0.05) is 192 Å². The third-order valence-electron chi connectivity index (χ3n) is 9.36. The highest BCUT2D eigenvalue weighted by Gasteiger charge is 2.26. The number of hydrogen-bond acceptors (Lipinski definition) is 4. The van der Waals surface area contributed by atoms with Crippen molar-refractivity contribution in [2.45, 2.75) is 219 Å². The minimum absolute atomic E-state index is 0.255. The van der Waals surface area contributed by atoms with Crippen molar-refractivity contribution in [2.75, 3.05) is 5.75 Å². The van der Waals surface area contributed by atoms with E-state index in [9.17, 15) is 22.9 Å². The molecule has 2 unspecified atom stereocenters. The van der Waals surface area contributed by atoms with Gasteiger partial charge in [-0.3, -0.25) is 9.35 Å². The van der Waals surface area contributed by atoms with Crippen LogP contribution in [0.4, 0.5) is 0 Å². The van der Waals surface area contributed by atoms with Crippen LogP contribution in [0.2, 0.25) is 0 Å². The number of hydrogen-bond donors (Lipinski definition) is 3. The van der Waals surface area contributed by atoms with Crippen LogP contribution in [0.3, 0.4) is 0 Å². The van der Waals surface area contributed by atoms with E-state index in [1.807, 2.05) is 0 Å². The van der Waals surface area contributed by atoms with Gasteiger partial charge in [0.15, 0.2) is 0 Å². The van der Waals surface area contributed by atoms with Gasteiger partial charge in [-0.05, 0) is 44.9 Å². The van der Waals surface area contributed by atoms with Crippen molar-refractivity contribution in [1.82, 2.24) is 5.32 Å². The fourth-order valence-corrected chi connectivity index (χ4v) is 7.05. The van der Waals surface area contributed by atoms with Crippen molar-refractivity contribution in [3.63, 3.8) is 0 Å². The lowest BCUT2D eigenvalue weighted by Crippen LogP contribution is -2.47. The minimum Gasteiger partial charge on any atom is -0.391 e. The summed E-state index contributed by atoms with van der Waals surface area (Å²) < 4.78 is 32.5. The van der Waals surface area contributed by atoms with E-state index in [4.69, 9.17) is 0 Å². The second-order valence-electron chi connectivity index (χ2n) is 14.2. The second kappa shape index (κ2) is 36.4. The number of amides is 1. The van der Waals surface area contributed by atoms with Gasteiger partial charge in [0.25, 0.3) is 10.1 Å². The lowest BCUT2D eigenvalue weighted by Gasteiger charge is -2.23. The molecule has 0 rings (SSSR count). The monoisotopic (exact) mass is 710 g/mol. The molecule has 0 aromatic rings. The maximum absolute atomic E-state index is 12.5. The lowest BCUT2D eigenvalue weighted by molar-refractivity contribution is -0.122. The highest BCUT2D eigenvalue weighted by Crippen LogP contribution is 2.16. The Hall–Kier alpha value is -1.44. The van der Waals surface area contributed by atoms with Crippen LogP contribution in [-0.2, 0) is 14.9 Å². The van der Waals surface area contributed by atoms with Crippen LogP contribution in [0.5, 0.6) is 0 Å².